The van der Waals surface area contributed by atoms with Crippen molar-refractivity contribution < 1.29 is 14.7 Å². The number of rotatable bonds is 3. The van der Waals surface area contributed by atoms with Gasteiger partial charge in [-0.05, 0) is 42.8 Å². The average molecular weight is 305 g/mol. The van der Waals surface area contributed by atoms with Gasteiger partial charge in [0.1, 0.15) is 0 Å². The van der Waals surface area contributed by atoms with E-state index in [9.17, 15) is 9.59 Å². The Labute approximate surface area is 126 Å². The summed E-state index contributed by atoms with van der Waals surface area (Å²) in [6.07, 6.45) is 0. The van der Waals surface area contributed by atoms with E-state index < -0.39 is 5.97 Å². The Morgan fingerprint density at radius 1 is 1.19 bits per heavy atom. The summed E-state index contributed by atoms with van der Waals surface area (Å²) in [4.78, 5) is 23.2. The quantitative estimate of drug-likeness (QED) is 0.759. The van der Waals surface area contributed by atoms with Crippen molar-refractivity contribution in [3.05, 3.63) is 58.1 Å². The highest BCUT2D eigenvalue weighted by Crippen LogP contribution is 2.22. The van der Waals surface area contributed by atoms with Gasteiger partial charge in [0.2, 0.25) is 0 Å². The summed E-state index contributed by atoms with van der Waals surface area (Å²) in [5.41, 5.74) is 7.66. The molecule has 0 heterocycles. The summed E-state index contributed by atoms with van der Waals surface area (Å²) in [6.45, 7) is 1.74. The maximum atomic E-state index is 12.2. The van der Waals surface area contributed by atoms with Crippen LogP contribution < -0.4 is 11.1 Å². The van der Waals surface area contributed by atoms with E-state index in [2.05, 4.69) is 5.32 Å². The molecule has 2 aromatic carbocycles. The van der Waals surface area contributed by atoms with Gasteiger partial charge in [-0.25, -0.2) is 4.79 Å². The predicted octanol–water partition coefficient (Wildman–Crippen LogP) is 3.18. The Morgan fingerprint density at radius 3 is 2.57 bits per heavy atom. The summed E-state index contributed by atoms with van der Waals surface area (Å²) < 4.78 is 0. The largest absolute Gasteiger partial charge is 0.478 e. The van der Waals surface area contributed by atoms with Crippen molar-refractivity contribution in [2.24, 2.45) is 0 Å². The zero-order valence-electron chi connectivity index (χ0n) is 11.2. The molecule has 0 saturated carbocycles. The highest BCUT2D eigenvalue weighted by Gasteiger charge is 2.13. The summed E-state index contributed by atoms with van der Waals surface area (Å²) in [5, 5.41) is 11.8. The Bertz CT molecular complexity index is 729. The zero-order chi connectivity index (χ0) is 15.6. The van der Waals surface area contributed by atoms with Crippen LogP contribution in [0.15, 0.2) is 36.4 Å². The summed E-state index contributed by atoms with van der Waals surface area (Å²) in [7, 11) is 0. The lowest BCUT2D eigenvalue weighted by atomic mass is 10.1. The number of anilines is 2. The van der Waals surface area contributed by atoms with Gasteiger partial charge in [0.25, 0.3) is 5.91 Å². The second-order valence-electron chi connectivity index (χ2n) is 4.47. The Hall–Kier alpha value is -2.53. The number of carboxylic acids is 1. The maximum absolute atomic E-state index is 12.2. The minimum atomic E-state index is -1.16. The van der Waals surface area contributed by atoms with E-state index in [1.54, 1.807) is 25.1 Å². The smallest absolute Gasteiger partial charge is 0.337 e. The standard InChI is InChI=1S/C15H13ClN2O3/c1-8-10(3-2-4-13(8)17)14(19)18-9-5-6-12(16)11(7-9)15(20)21/h2-7H,17H2,1H3,(H,18,19)(H,20,21). The van der Waals surface area contributed by atoms with Gasteiger partial charge in [0.15, 0.2) is 0 Å². The average Bonchev–Trinajstić information content (AvgIpc) is 2.43. The van der Waals surface area contributed by atoms with Crippen LogP contribution in [0.3, 0.4) is 0 Å². The number of amides is 1. The number of carbonyl (C=O) groups is 2. The maximum Gasteiger partial charge on any atom is 0.337 e. The molecule has 0 saturated heterocycles. The molecule has 4 N–H and O–H groups in total. The van der Waals surface area contributed by atoms with Crippen molar-refractivity contribution in [2.75, 3.05) is 11.1 Å². The highest BCUT2D eigenvalue weighted by atomic mass is 35.5. The van der Waals surface area contributed by atoms with Crippen LogP contribution in [0.25, 0.3) is 0 Å². The van der Waals surface area contributed by atoms with Crippen molar-refractivity contribution in [2.45, 2.75) is 6.92 Å². The molecule has 2 aromatic rings. The zero-order valence-corrected chi connectivity index (χ0v) is 11.9. The summed E-state index contributed by atoms with van der Waals surface area (Å²) >= 11 is 5.78. The van der Waals surface area contributed by atoms with E-state index in [0.717, 1.165) is 0 Å². The monoisotopic (exact) mass is 304 g/mol. The van der Waals surface area contributed by atoms with E-state index in [4.69, 9.17) is 22.4 Å². The molecule has 5 nitrogen and oxygen atoms in total. The number of nitrogen functional groups attached to an aromatic ring is 1. The number of benzene rings is 2. The van der Waals surface area contributed by atoms with Crippen LogP contribution in [-0.2, 0) is 0 Å². The van der Waals surface area contributed by atoms with Crippen LogP contribution in [0, 0.1) is 6.92 Å². The molecule has 6 heteroatoms. The number of nitrogens with one attached hydrogen (secondary N) is 1. The molecule has 0 aliphatic carbocycles. The first-order valence-electron chi connectivity index (χ1n) is 6.09. The molecular formula is C15H13ClN2O3. The minimum absolute atomic E-state index is 0.0706. The van der Waals surface area contributed by atoms with Gasteiger partial charge >= 0.3 is 5.97 Å². The SMILES string of the molecule is Cc1c(N)cccc1C(=O)Nc1ccc(Cl)c(C(=O)O)c1. The van der Waals surface area contributed by atoms with Gasteiger partial charge in [-0.3, -0.25) is 4.79 Å². The van der Waals surface area contributed by atoms with Crippen LogP contribution in [0.5, 0.6) is 0 Å². The molecule has 0 aromatic heterocycles. The third kappa shape index (κ3) is 3.14. The van der Waals surface area contributed by atoms with E-state index in [1.165, 1.54) is 18.2 Å². The van der Waals surface area contributed by atoms with Crippen LogP contribution in [0.4, 0.5) is 11.4 Å². The van der Waals surface area contributed by atoms with Gasteiger partial charge in [0, 0.05) is 16.9 Å². The number of carboxylic acid groups (broad SMARTS) is 1. The van der Waals surface area contributed by atoms with Gasteiger partial charge in [0.05, 0.1) is 10.6 Å². The molecule has 0 radical (unpaired) electrons. The Morgan fingerprint density at radius 2 is 1.90 bits per heavy atom. The molecule has 0 atom stereocenters. The molecular weight excluding hydrogens is 292 g/mol. The molecule has 0 aliphatic rings. The van der Waals surface area contributed by atoms with Gasteiger partial charge < -0.3 is 16.2 Å². The molecule has 0 fully saturated rings. The number of aromatic carboxylic acids is 1. The molecule has 0 aliphatic heterocycles. The van der Waals surface area contributed by atoms with E-state index >= 15 is 0 Å². The van der Waals surface area contributed by atoms with E-state index in [0.29, 0.717) is 22.5 Å². The van der Waals surface area contributed by atoms with Crippen molar-refractivity contribution >= 4 is 34.9 Å². The second-order valence-corrected chi connectivity index (χ2v) is 4.88. The van der Waals surface area contributed by atoms with Gasteiger partial charge in [-0.15, -0.1) is 0 Å². The fraction of sp³-hybridized carbons (Fsp3) is 0.0667. The molecule has 21 heavy (non-hydrogen) atoms. The summed E-state index contributed by atoms with van der Waals surface area (Å²) in [6, 6.07) is 9.30. The third-order valence-electron chi connectivity index (χ3n) is 3.07. The van der Waals surface area contributed by atoms with E-state index in [1.807, 2.05) is 0 Å². The Kier molecular flexibility index (Phi) is 4.14. The normalized spacial score (nSPS) is 10.2. The van der Waals surface area contributed by atoms with Crippen LogP contribution >= 0.6 is 11.6 Å². The van der Waals surface area contributed by atoms with Crippen LogP contribution in [-0.4, -0.2) is 17.0 Å². The highest BCUT2D eigenvalue weighted by molar-refractivity contribution is 6.33. The number of nitrogens with two attached hydrogens (primary N) is 1. The number of carbonyl (C=O) groups excluding carboxylic acids is 1. The molecule has 0 spiro atoms. The topological polar surface area (TPSA) is 92.4 Å². The Balaban J connectivity index is 2.30. The summed E-state index contributed by atoms with van der Waals surface area (Å²) in [5.74, 6) is -1.52. The number of hydrogen-bond donors (Lipinski definition) is 3. The van der Waals surface area contributed by atoms with Crippen molar-refractivity contribution in [1.82, 2.24) is 0 Å². The molecule has 108 valence electrons. The third-order valence-corrected chi connectivity index (χ3v) is 3.40. The molecule has 1 amide bonds. The molecule has 2 rings (SSSR count). The first kappa shape index (κ1) is 14.9. The predicted molar refractivity (Wildman–Crippen MR) is 82.0 cm³/mol. The van der Waals surface area contributed by atoms with E-state index in [-0.39, 0.29) is 16.5 Å². The molecule has 0 unspecified atom stereocenters. The van der Waals surface area contributed by atoms with Crippen molar-refractivity contribution in [1.29, 1.82) is 0 Å². The van der Waals surface area contributed by atoms with Crippen molar-refractivity contribution in [3.63, 3.8) is 0 Å². The second kappa shape index (κ2) is 5.85. The number of halogens is 1. The lowest BCUT2D eigenvalue weighted by Gasteiger charge is -2.10. The number of hydrogen-bond acceptors (Lipinski definition) is 3. The van der Waals surface area contributed by atoms with Gasteiger partial charge in [-0.2, -0.15) is 0 Å². The lowest BCUT2D eigenvalue weighted by molar-refractivity contribution is 0.0696. The van der Waals surface area contributed by atoms with Gasteiger partial charge in [-0.1, -0.05) is 17.7 Å². The first-order chi connectivity index (χ1) is 9.90. The first-order valence-corrected chi connectivity index (χ1v) is 6.47. The lowest BCUT2D eigenvalue weighted by Crippen LogP contribution is -2.14. The fourth-order valence-corrected chi connectivity index (χ4v) is 2.06. The molecule has 0 bridgehead atoms. The van der Waals surface area contributed by atoms with Crippen LogP contribution in [0.2, 0.25) is 5.02 Å². The van der Waals surface area contributed by atoms with Crippen molar-refractivity contribution in [3.8, 4) is 0 Å². The fourth-order valence-electron chi connectivity index (χ4n) is 1.86. The van der Waals surface area contributed by atoms with Crippen LogP contribution in [0.1, 0.15) is 26.3 Å². The minimum Gasteiger partial charge on any atom is -0.478 e.